The summed E-state index contributed by atoms with van der Waals surface area (Å²) in [7, 11) is 1.53. The van der Waals surface area contributed by atoms with Crippen molar-refractivity contribution >= 4 is 5.91 Å². The minimum absolute atomic E-state index is 0.0218. The fourth-order valence-electron chi connectivity index (χ4n) is 1.22. The van der Waals surface area contributed by atoms with E-state index < -0.39 is 0 Å². The molecule has 0 fully saturated rings. The maximum atomic E-state index is 11.1. The molecule has 0 radical (unpaired) electrons. The molecule has 3 heteroatoms. The molecule has 0 bridgehead atoms. The van der Waals surface area contributed by atoms with E-state index in [9.17, 15) is 4.79 Å². The van der Waals surface area contributed by atoms with Gasteiger partial charge in [-0.05, 0) is 13.3 Å². The Labute approximate surface area is 80.8 Å². The van der Waals surface area contributed by atoms with E-state index in [-0.39, 0.29) is 18.6 Å². The Morgan fingerprint density at radius 2 is 2.15 bits per heavy atom. The van der Waals surface area contributed by atoms with Crippen LogP contribution in [0.1, 0.15) is 39.5 Å². The number of nitrogens with one attached hydrogen (secondary N) is 1. The standard InChI is InChI=1S/C10H21NO2/c1-4-5-6-7-9(2)11-10(12)8-13-3/h9H,4-8H2,1-3H3,(H,11,12)/t9-/m1/s1. The van der Waals surface area contributed by atoms with Crippen LogP contribution in [-0.2, 0) is 9.53 Å². The number of amides is 1. The minimum Gasteiger partial charge on any atom is -0.375 e. The van der Waals surface area contributed by atoms with Gasteiger partial charge in [0.05, 0.1) is 0 Å². The molecule has 0 saturated heterocycles. The third kappa shape index (κ3) is 7.78. The molecule has 0 aromatic carbocycles. The van der Waals surface area contributed by atoms with Crippen molar-refractivity contribution in [3.05, 3.63) is 0 Å². The van der Waals surface area contributed by atoms with Gasteiger partial charge in [0.2, 0.25) is 5.91 Å². The van der Waals surface area contributed by atoms with Gasteiger partial charge in [-0.1, -0.05) is 26.2 Å². The quantitative estimate of drug-likeness (QED) is 0.616. The number of carbonyl (C=O) groups is 1. The van der Waals surface area contributed by atoms with Gasteiger partial charge in [0.25, 0.3) is 0 Å². The molecule has 0 aromatic heterocycles. The molecule has 1 atom stereocenters. The Morgan fingerprint density at radius 3 is 2.69 bits per heavy atom. The molecule has 3 nitrogen and oxygen atoms in total. The van der Waals surface area contributed by atoms with Gasteiger partial charge in [-0.15, -0.1) is 0 Å². The molecule has 0 aliphatic rings. The van der Waals surface area contributed by atoms with Gasteiger partial charge in [0.1, 0.15) is 6.61 Å². The highest BCUT2D eigenvalue weighted by Gasteiger charge is 2.05. The second kappa shape index (κ2) is 8.05. The van der Waals surface area contributed by atoms with Crippen molar-refractivity contribution in [3.63, 3.8) is 0 Å². The van der Waals surface area contributed by atoms with Crippen molar-refractivity contribution in [2.24, 2.45) is 0 Å². The molecule has 0 rings (SSSR count). The van der Waals surface area contributed by atoms with Crippen molar-refractivity contribution in [3.8, 4) is 0 Å². The zero-order chi connectivity index (χ0) is 10.1. The second-order valence-electron chi connectivity index (χ2n) is 3.40. The number of rotatable bonds is 7. The van der Waals surface area contributed by atoms with Crippen LogP contribution in [0.25, 0.3) is 0 Å². The van der Waals surface area contributed by atoms with Crippen LogP contribution < -0.4 is 5.32 Å². The number of methoxy groups -OCH3 is 1. The molecular weight excluding hydrogens is 166 g/mol. The molecule has 1 amide bonds. The van der Waals surface area contributed by atoms with Crippen molar-refractivity contribution in [2.75, 3.05) is 13.7 Å². The summed E-state index contributed by atoms with van der Waals surface area (Å²) >= 11 is 0. The summed E-state index contributed by atoms with van der Waals surface area (Å²) in [6.07, 6.45) is 4.71. The second-order valence-corrected chi connectivity index (χ2v) is 3.40. The SMILES string of the molecule is CCCCC[C@@H](C)NC(=O)COC. The van der Waals surface area contributed by atoms with Crippen LogP contribution in [0.15, 0.2) is 0 Å². The summed E-state index contributed by atoms with van der Waals surface area (Å²) in [6.45, 7) is 4.37. The Morgan fingerprint density at radius 1 is 1.46 bits per heavy atom. The minimum atomic E-state index is -0.0218. The lowest BCUT2D eigenvalue weighted by atomic mass is 10.1. The molecule has 0 saturated carbocycles. The lowest BCUT2D eigenvalue weighted by Crippen LogP contribution is -2.34. The maximum Gasteiger partial charge on any atom is 0.246 e. The zero-order valence-electron chi connectivity index (χ0n) is 8.93. The number of unbranched alkanes of at least 4 members (excludes halogenated alkanes) is 2. The van der Waals surface area contributed by atoms with Gasteiger partial charge < -0.3 is 10.1 Å². The van der Waals surface area contributed by atoms with Crippen LogP contribution in [0.5, 0.6) is 0 Å². The summed E-state index contributed by atoms with van der Waals surface area (Å²) in [5, 5.41) is 2.88. The van der Waals surface area contributed by atoms with E-state index in [1.807, 2.05) is 6.92 Å². The van der Waals surface area contributed by atoms with Crippen molar-refractivity contribution in [1.29, 1.82) is 0 Å². The van der Waals surface area contributed by atoms with Crippen LogP contribution >= 0.6 is 0 Å². The monoisotopic (exact) mass is 187 g/mol. The van der Waals surface area contributed by atoms with E-state index in [1.54, 1.807) is 0 Å². The van der Waals surface area contributed by atoms with Gasteiger partial charge in [0, 0.05) is 13.2 Å². The Balaban J connectivity index is 3.38. The predicted octanol–water partition coefficient (Wildman–Crippen LogP) is 1.72. The van der Waals surface area contributed by atoms with Gasteiger partial charge in [-0.3, -0.25) is 4.79 Å². The van der Waals surface area contributed by atoms with Crippen LogP contribution in [0, 0.1) is 0 Å². The van der Waals surface area contributed by atoms with E-state index in [4.69, 9.17) is 4.74 Å². The van der Waals surface area contributed by atoms with E-state index in [0.29, 0.717) is 0 Å². The number of carbonyl (C=O) groups excluding carboxylic acids is 1. The Bertz CT molecular complexity index is 137. The van der Waals surface area contributed by atoms with Crippen molar-refractivity contribution < 1.29 is 9.53 Å². The summed E-state index contributed by atoms with van der Waals surface area (Å²) in [6, 6.07) is 0.272. The third-order valence-corrected chi connectivity index (χ3v) is 1.92. The zero-order valence-corrected chi connectivity index (χ0v) is 8.93. The van der Waals surface area contributed by atoms with Crippen molar-refractivity contribution in [2.45, 2.75) is 45.6 Å². The topological polar surface area (TPSA) is 38.3 Å². The average Bonchev–Trinajstić information content (AvgIpc) is 2.05. The lowest BCUT2D eigenvalue weighted by molar-refractivity contribution is -0.125. The van der Waals surface area contributed by atoms with Crippen LogP contribution in [0.4, 0.5) is 0 Å². The van der Waals surface area contributed by atoms with E-state index in [2.05, 4.69) is 12.2 Å². The highest BCUT2D eigenvalue weighted by Crippen LogP contribution is 2.02. The van der Waals surface area contributed by atoms with Crippen molar-refractivity contribution in [1.82, 2.24) is 5.32 Å². The van der Waals surface area contributed by atoms with Gasteiger partial charge in [-0.25, -0.2) is 0 Å². The van der Waals surface area contributed by atoms with Gasteiger partial charge in [0.15, 0.2) is 0 Å². The Kier molecular flexibility index (Phi) is 7.69. The lowest BCUT2D eigenvalue weighted by Gasteiger charge is -2.12. The summed E-state index contributed by atoms with van der Waals surface area (Å²) in [5.41, 5.74) is 0. The first-order chi connectivity index (χ1) is 6.20. The number of ether oxygens (including phenoxy) is 1. The average molecular weight is 187 g/mol. The summed E-state index contributed by atoms with van der Waals surface area (Å²) in [4.78, 5) is 11.1. The Hall–Kier alpha value is -0.570. The number of hydrogen-bond donors (Lipinski definition) is 1. The van der Waals surface area contributed by atoms with E-state index >= 15 is 0 Å². The van der Waals surface area contributed by atoms with Crippen LogP contribution in [0.3, 0.4) is 0 Å². The van der Waals surface area contributed by atoms with E-state index in [0.717, 1.165) is 6.42 Å². The molecule has 0 unspecified atom stereocenters. The first-order valence-electron chi connectivity index (χ1n) is 4.99. The van der Waals surface area contributed by atoms with E-state index in [1.165, 1.54) is 26.4 Å². The first kappa shape index (κ1) is 12.4. The fourth-order valence-corrected chi connectivity index (χ4v) is 1.22. The molecule has 0 aliphatic carbocycles. The highest BCUT2D eigenvalue weighted by molar-refractivity contribution is 5.77. The van der Waals surface area contributed by atoms with Crippen LogP contribution in [0.2, 0.25) is 0 Å². The maximum absolute atomic E-state index is 11.1. The third-order valence-electron chi connectivity index (χ3n) is 1.92. The molecule has 0 spiro atoms. The molecule has 78 valence electrons. The number of hydrogen-bond acceptors (Lipinski definition) is 2. The molecule has 0 aromatic rings. The first-order valence-corrected chi connectivity index (χ1v) is 4.99. The van der Waals surface area contributed by atoms with Gasteiger partial charge in [-0.2, -0.15) is 0 Å². The summed E-state index contributed by atoms with van der Waals surface area (Å²) < 4.78 is 4.72. The van der Waals surface area contributed by atoms with Crippen LogP contribution in [-0.4, -0.2) is 25.7 Å². The molecule has 0 heterocycles. The summed E-state index contributed by atoms with van der Waals surface area (Å²) in [5.74, 6) is -0.0218. The largest absolute Gasteiger partial charge is 0.375 e. The molecule has 0 aliphatic heterocycles. The predicted molar refractivity (Wildman–Crippen MR) is 53.6 cm³/mol. The smallest absolute Gasteiger partial charge is 0.246 e. The molecular formula is C10H21NO2. The molecule has 13 heavy (non-hydrogen) atoms. The normalized spacial score (nSPS) is 12.5. The molecule has 1 N–H and O–H groups in total. The fraction of sp³-hybridized carbons (Fsp3) is 0.900. The van der Waals surface area contributed by atoms with Gasteiger partial charge >= 0.3 is 0 Å². The highest BCUT2D eigenvalue weighted by atomic mass is 16.5.